The predicted molar refractivity (Wildman–Crippen MR) is 145 cm³/mol. The van der Waals surface area contributed by atoms with E-state index in [1.807, 2.05) is 35.7 Å². The number of piperidine rings is 1. The molecule has 4 aromatic rings. The number of hydrogen-bond acceptors (Lipinski definition) is 8. The molecule has 1 fully saturated rings. The quantitative estimate of drug-likeness (QED) is 0.285. The van der Waals surface area contributed by atoms with Crippen LogP contribution in [-0.4, -0.2) is 42.1 Å². The van der Waals surface area contributed by atoms with E-state index in [9.17, 15) is 4.79 Å². The minimum atomic E-state index is -0.189. The summed E-state index contributed by atoms with van der Waals surface area (Å²) in [6, 6.07) is 15.6. The molecule has 6 rings (SSSR count). The fourth-order valence-electron chi connectivity index (χ4n) is 4.66. The Labute approximate surface area is 218 Å². The number of aromatic nitrogens is 2. The zero-order chi connectivity index (χ0) is 25.2. The average molecular weight is 515 g/mol. The van der Waals surface area contributed by atoms with E-state index in [0.29, 0.717) is 42.0 Å². The first-order chi connectivity index (χ1) is 18.2. The molecule has 1 amide bonds. The van der Waals surface area contributed by atoms with Gasteiger partial charge in [-0.15, -0.1) is 11.3 Å². The van der Waals surface area contributed by atoms with E-state index in [1.54, 1.807) is 11.0 Å². The maximum absolute atomic E-state index is 12.3. The van der Waals surface area contributed by atoms with E-state index >= 15 is 0 Å². The topological polar surface area (TPSA) is 77.0 Å². The highest BCUT2D eigenvalue weighted by Crippen LogP contribution is 2.43. The lowest BCUT2D eigenvalue weighted by atomic mass is 10.1. The number of nitrogens with zero attached hydrogens (tertiary/aromatic N) is 4. The molecule has 4 heterocycles. The van der Waals surface area contributed by atoms with Crippen molar-refractivity contribution in [1.82, 2.24) is 9.97 Å². The summed E-state index contributed by atoms with van der Waals surface area (Å²) in [4.78, 5) is 25.5. The molecule has 0 atom stereocenters. The first-order valence-electron chi connectivity index (χ1n) is 12.4. The van der Waals surface area contributed by atoms with E-state index in [4.69, 9.17) is 14.2 Å². The number of carbonyl (C=O) groups excluding carboxylic acids is 1. The monoisotopic (exact) mass is 514 g/mol. The summed E-state index contributed by atoms with van der Waals surface area (Å²) in [6.07, 6.45) is 5.06. The van der Waals surface area contributed by atoms with Crippen LogP contribution < -0.4 is 24.0 Å². The third kappa shape index (κ3) is 4.70. The Morgan fingerprint density at radius 2 is 1.84 bits per heavy atom. The first-order valence-corrected chi connectivity index (χ1v) is 13.2. The molecule has 1 saturated heterocycles. The lowest BCUT2D eigenvalue weighted by Gasteiger charge is -2.29. The molecule has 0 unspecified atom stereocenters. The van der Waals surface area contributed by atoms with Crippen LogP contribution in [0.2, 0.25) is 0 Å². The second-order valence-electron chi connectivity index (χ2n) is 8.84. The van der Waals surface area contributed by atoms with Gasteiger partial charge in [-0.1, -0.05) is 12.6 Å². The minimum absolute atomic E-state index is 0.189. The maximum atomic E-state index is 12.3. The fourth-order valence-corrected chi connectivity index (χ4v) is 5.41. The third-order valence-corrected chi connectivity index (χ3v) is 7.37. The molecular formula is C28H26N4O4S. The van der Waals surface area contributed by atoms with Crippen molar-refractivity contribution in [2.75, 3.05) is 36.0 Å². The summed E-state index contributed by atoms with van der Waals surface area (Å²) < 4.78 is 19.0. The lowest BCUT2D eigenvalue weighted by Crippen LogP contribution is -2.36. The molecule has 0 saturated carbocycles. The van der Waals surface area contributed by atoms with Crippen molar-refractivity contribution in [3.8, 4) is 29.1 Å². The Balaban J connectivity index is 1.28. The minimum Gasteiger partial charge on any atom is -0.486 e. The Morgan fingerprint density at radius 1 is 1.00 bits per heavy atom. The standard InChI is InChI=1S/C28H26N4O4S/c1-2-24(33)32-16-17-34-25-22(32)7-6-8-23(25)36-27-26-21(13-18-37-26)29-28(30-27)35-20-11-9-19(10-12-20)31-14-4-3-5-15-31/h2,6-13,18H,1,3-5,14-17H2. The van der Waals surface area contributed by atoms with Crippen LogP contribution in [0.15, 0.2) is 66.6 Å². The lowest BCUT2D eigenvalue weighted by molar-refractivity contribution is -0.114. The summed E-state index contributed by atoms with van der Waals surface area (Å²) in [5.41, 5.74) is 2.56. The molecule has 2 aliphatic heterocycles. The van der Waals surface area contributed by atoms with Crippen LogP contribution in [-0.2, 0) is 4.79 Å². The summed E-state index contributed by atoms with van der Waals surface area (Å²) in [7, 11) is 0. The van der Waals surface area contributed by atoms with Crippen LogP contribution in [0.5, 0.6) is 29.1 Å². The smallest absolute Gasteiger partial charge is 0.325 e. The number of fused-ring (bicyclic) bond motifs is 2. The average Bonchev–Trinajstić information content (AvgIpc) is 3.42. The van der Waals surface area contributed by atoms with Gasteiger partial charge in [-0.2, -0.15) is 9.97 Å². The Kier molecular flexibility index (Phi) is 6.36. The molecular weight excluding hydrogens is 488 g/mol. The molecule has 0 spiro atoms. The zero-order valence-corrected chi connectivity index (χ0v) is 21.1. The van der Waals surface area contributed by atoms with Gasteiger partial charge in [0, 0.05) is 18.8 Å². The number of ether oxygens (including phenoxy) is 3. The number of anilines is 2. The molecule has 37 heavy (non-hydrogen) atoms. The summed E-state index contributed by atoms with van der Waals surface area (Å²) in [5.74, 6) is 1.78. The molecule has 0 bridgehead atoms. The maximum Gasteiger partial charge on any atom is 0.325 e. The Bertz CT molecular complexity index is 1450. The van der Waals surface area contributed by atoms with Gasteiger partial charge in [-0.3, -0.25) is 4.79 Å². The number of thiophene rings is 1. The third-order valence-electron chi connectivity index (χ3n) is 6.48. The molecule has 0 aliphatic carbocycles. The highest BCUT2D eigenvalue weighted by molar-refractivity contribution is 7.17. The van der Waals surface area contributed by atoms with Gasteiger partial charge in [-0.05, 0) is 73.2 Å². The van der Waals surface area contributed by atoms with Gasteiger partial charge >= 0.3 is 6.01 Å². The van der Waals surface area contributed by atoms with Gasteiger partial charge in [-0.25, -0.2) is 0 Å². The molecule has 2 aromatic heterocycles. The molecule has 0 radical (unpaired) electrons. The van der Waals surface area contributed by atoms with Crippen molar-refractivity contribution in [3.05, 3.63) is 66.6 Å². The van der Waals surface area contributed by atoms with Gasteiger partial charge < -0.3 is 24.0 Å². The number of hydrogen-bond donors (Lipinski definition) is 0. The largest absolute Gasteiger partial charge is 0.486 e. The van der Waals surface area contributed by atoms with Crippen molar-refractivity contribution in [1.29, 1.82) is 0 Å². The molecule has 2 aromatic carbocycles. The van der Waals surface area contributed by atoms with E-state index in [1.165, 1.54) is 42.4 Å². The van der Waals surface area contributed by atoms with Crippen LogP contribution in [0.25, 0.3) is 10.2 Å². The van der Waals surface area contributed by atoms with Crippen molar-refractivity contribution >= 4 is 38.8 Å². The summed E-state index contributed by atoms with van der Waals surface area (Å²) >= 11 is 1.48. The predicted octanol–water partition coefficient (Wildman–Crippen LogP) is 6.18. The van der Waals surface area contributed by atoms with Gasteiger partial charge in [0.2, 0.25) is 5.88 Å². The van der Waals surface area contributed by atoms with Gasteiger partial charge in [0.05, 0.1) is 17.7 Å². The highest BCUT2D eigenvalue weighted by Gasteiger charge is 2.26. The van der Waals surface area contributed by atoms with E-state index in [2.05, 4.69) is 33.6 Å². The van der Waals surface area contributed by atoms with Crippen LogP contribution >= 0.6 is 11.3 Å². The van der Waals surface area contributed by atoms with Gasteiger partial charge in [0.15, 0.2) is 11.5 Å². The van der Waals surface area contributed by atoms with Gasteiger partial charge in [0.1, 0.15) is 17.1 Å². The fraction of sp³-hybridized carbons (Fsp3) is 0.250. The van der Waals surface area contributed by atoms with Crippen molar-refractivity contribution in [2.45, 2.75) is 19.3 Å². The Hall–Kier alpha value is -4.11. The van der Waals surface area contributed by atoms with Crippen LogP contribution in [0, 0.1) is 0 Å². The number of amides is 1. The van der Waals surface area contributed by atoms with Crippen molar-refractivity contribution in [2.24, 2.45) is 0 Å². The molecule has 188 valence electrons. The number of rotatable bonds is 6. The van der Waals surface area contributed by atoms with Crippen molar-refractivity contribution in [3.63, 3.8) is 0 Å². The van der Waals surface area contributed by atoms with Crippen LogP contribution in [0.4, 0.5) is 11.4 Å². The summed E-state index contributed by atoms with van der Waals surface area (Å²) in [6.45, 7) is 6.58. The van der Waals surface area contributed by atoms with E-state index in [0.717, 1.165) is 23.3 Å². The van der Waals surface area contributed by atoms with E-state index < -0.39 is 0 Å². The van der Waals surface area contributed by atoms with Crippen LogP contribution in [0.3, 0.4) is 0 Å². The zero-order valence-electron chi connectivity index (χ0n) is 20.3. The molecule has 9 heteroatoms. The molecule has 0 N–H and O–H groups in total. The van der Waals surface area contributed by atoms with Gasteiger partial charge in [0.25, 0.3) is 5.91 Å². The summed E-state index contributed by atoms with van der Waals surface area (Å²) in [5, 5.41) is 1.94. The number of benzene rings is 2. The number of para-hydroxylation sites is 1. The number of carbonyl (C=O) groups is 1. The SMILES string of the molecule is C=CC(=O)N1CCOc2c(Oc3nc(Oc4ccc(N5CCCCC5)cc4)nc4ccsc34)cccc21. The second kappa shape index (κ2) is 10.1. The molecule has 2 aliphatic rings. The van der Waals surface area contributed by atoms with Crippen molar-refractivity contribution < 1.29 is 19.0 Å². The Morgan fingerprint density at radius 3 is 2.65 bits per heavy atom. The van der Waals surface area contributed by atoms with Crippen LogP contribution in [0.1, 0.15) is 19.3 Å². The highest BCUT2D eigenvalue weighted by atomic mass is 32.1. The first kappa shape index (κ1) is 23.3. The van der Waals surface area contributed by atoms with E-state index in [-0.39, 0.29) is 11.9 Å². The normalized spacial score (nSPS) is 15.1. The second-order valence-corrected chi connectivity index (χ2v) is 9.76. The molecule has 8 nitrogen and oxygen atoms in total.